The van der Waals surface area contributed by atoms with E-state index < -0.39 is 0 Å². The summed E-state index contributed by atoms with van der Waals surface area (Å²) in [7, 11) is 3.30. The summed E-state index contributed by atoms with van der Waals surface area (Å²) in [6.07, 6.45) is 1.84. The molecule has 4 rings (SSSR count). The van der Waals surface area contributed by atoms with Gasteiger partial charge >= 0.3 is 0 Å². The van der Waals surface area contributed by atoms with Crippen molar-refractivity contribution in [3.63, 3.8) is 0 Å². The maximum absolute atomic E-state index is 5.56. The van der Waals surface area contributed by atoms with E-state index in [1.807, 2.05) is 12.1 Å². The monoisotopic (exact) mass is 405 g/mol. The lowest BCUT2D eigenvalue weighted by molar-refractivity contribution is 0.174. The molecular formula is C19H20BrNO4. The number of methoxy groups -OCH3 is 2. The van der Waals surface area contributed by atoms with E-state index in [-0.39, 0.29) is 6.04 Å². The smallest absolute Gasteiger partial charge is 0.231 e. The number of fused-ring (bicyclic) bond motifs is 2. The molecule has 0 bridgehead atoms. The van der Waals surface area contributed by atoms with Gasteiger partial charge in [-0.15, -0.1) is 0 Å². The van der Waals surface area contributed by atoms with Crippen LogP contribution in [0.4, 0.5) is 0 Å². The Balaban J connectivity index is 1.67. The van der Waals surface area contributed by atoms with Gasteiger partial charge in [0, 0.05) is 10.5 Å². The molecule has 25 heavy (non-hydrogen) atoms. The zero-order chi connectivity index (χ0) is 17.4. The van der Waals surface area contributed by atoms with Crippen LogP contribution in [0.25, 0.3) is 0 Å². The fraction of sp³-hybridized carbons (Fsp3) is 0.368. The summed E-state index contributed by atoms with van der Waals surface area (Å²) in [6.45, 7) is 1.25. The van der Waals surface area contributed by atoms with Crippen LogP contribution in [0.3, 0.4) is 0 Å². The SMILES string of the molecule is COc1cc(Br)c(CC2NCCc3cc4c(cc32)OCO4)cc1OC. The Morgan fingerprint density at radius 2 is 1.80 bits per heavy atom. The normalized spacial score (nSPS) is 18.0. The van der Waals surface area contributed by atoms with Crippen molar-refractivity contribution in [2.24, 2.45) is 0 Å². The molecule has 132 valence electrons. The second kappa shape index (κ2) is 6.77. The van der Waals surface area contributed by atoms with E-state index in [1.54, 1.807) is 14.2 Å². The molecule has 5 nitrogen and oxygen atoms in total. The van der Waals surface area contributed by atoms with Gasteiger partial charge < -0.3 is 24.3 Å². The first-order valence-corrected chi connectivity index (χ1v) is 9.05. The second-order valence-electron chi connectivity index (χ2n) is 6.16. The molecule has 2 aliphatic heterocycles. The fourth-order valence-electron chi connectivity index (χ4n) is 3.49. The Morgan fingerprint density at radius 3 is 2.56 bits per heavy atom. The molecule has 0 fully saturated rings. The van der Waals surface area contributed by atoms with Crippen LogP contribution in [-0.2, 0) is 12.8 Å². The standard InChI is InChI=1S/C19H20BrNO4/c1-22-16-7-12(14(20)9-17(16)23-2)5-15-13-8-19-18(24-10-25-19)6-11(13)3-4-21-15/h6-9,15,21H,3-5,10H2,1-2H3. The number of hydrogen-bond donors (Lipinski definition) is 1. The van der Waals surface area contributed by atoms with Gasteiger partial charge in [-0.3, -0.25) is 0 Å². The quantitative estimate of drug-likeness (QED) is 0.841. The molecule has 1 N–H and O–H groups in total. The average molecular weight is 406 g/mol. The van der Waals surface area contributed by atoms with Gasteiger partial charge in [-0.25, -0.2) is 0 Å². The molecule has 0 aromatic heterocycles. The summed E-state index contributed by atoms with van der Waals surface area (Å²) in [4.78, 5) is 0. The van der Waals surface area contributed by atoms with Gasteiger partial charge in [-0.2, -0.15) is 0 Å². The fourth-order valence-corrected chi connectivity index (χ4v) is 3.97. The summed E-state index contributed by atoms with van der Waals surface area (Å²) >= 11 is 3.66. The lowest BCUT2D eigenvalue weighted by Gasteiger charge is -2.28. The number of rotatable bonds is 4. The molecule has 0 radical (unpaired) electrons. The number of hydrogen-bond acceptors (Lipinski definition) is 5. The maximum atomic E-state index is 5.56. The highest BCUT2D eigenvalue weighted by Gasteiger charge is 2.26. The number of nitrogens with one attached hydrogen (secondary N) is 1. The number of ether oxygens (including phenoxy) is 4. The molecule has 1 unspecified atom stereocenters. The minimum Gasteiger partial charge on any atom is -0.493 e. The Morgan fingerprint density at radius 1 is 1.08 bits per heavy atom. The zero-order valence-electron chi connectivity index (χ0n) is 14.2. The van der Waals surface area contributed by atoms with Crippen LogP contribution >= 0.6 is 15.9 Å². The highest BCUT2D eigenvalue weighted by atomic mass is 79.9. The highest BCUT2D eigenvalue weighted by molar-refractivity contribution is 9.10. The molecule has 6 heteroatoms. The minimum atomic E-state index is 0.215. The summed E-state index contributed by atoms with van der Waals surface area (Å²) in [5, 5.41) is 3.62. The first-order chi connectivity index (χ1) is 12.2. The van der Waals surface area contributed by atoms with E-state index in [0.717, 1.165) is 46.9 Å². The van der Waals surface area contributed by atoms with Crippen LogP contribution < -0.4 is 24.3 Å². The van der Waals surface area contributed by atoms with Gasteiger partial charge in [0.2, 0.25) is 6.79 Å². The summed E-state index contributed by atoms with van der Waals surface area (Å²) < 4.78 is 22.9. The van der Waals surface area contributed by atoms with Gasteiger partial charge in [-0.1, -0.05) is 15.9 Å². The van der Waals surface area contributed by atoms with Crippen molar-refractivity contribution in [3.05, 3.63) is 45.4 Å². The molecule has 0 amide bonds. The third kappa shape index (κ3) is 3.04. The molecule has 0 aliphatic carbocycles. The Labute approximate surface area is 155 Å². The summed E-state index contributed by atoms with van der Waals surface area (Å²) in [5.41, 5.74) is 3.77. The van der Waals surface area contributed by atoms with Gasteiger partial charge in [0.05, 0.1) is 14.2 Å². The molecule has 0 saturated heterocycles. The van der Waals surface area contributed by atoms with Crippen molar-refractivity contribution in [2.45, 2.75) is 18.9 Å². The van der Waals surface area contributed by atoms with Crippen LogP contribution in [0.2, 0.25) is 0 Å². The van der Waals surface area contributed by atoms with Crippen LogP contribution in [0, 0.1) is 0 Å². The van der Waals surface area contributed by atoms with Crippen LogP contribution in [0.15, 0.2) is 28.7 Å². The van der Waals surface area contributed by atoms with E-state index >= 15 is 0 Å². The van der Waals surface area contributed by atoms with E-state index in [2.05, 4.69) is 33.4 Å². The third-order valence-corrected chi connectivity index (χ3v) is 5.51. The Hall–Kier alpha value is -1.92. The topological polar surface area (TPSA) is 49.0 Å². The van der Waals surface area contributed by atoms with E-state index in [1.165, 1.54) is 16.7 Å². The third-order valence-electron chi connectivity index (χ3n) is 4.77. The maximum Gasteiger partial charge on any atom is 0.231 e. The predicted octanol–water partition coefficient (Wildman–Crippen LogP) is 3.62. The molecule has 2 heterocycles. The zero-order valence-corrected chi connectivity index (χ0v) is 15.8. The number of benzene rings is 2. The summed E-state index contributed by atoms with van der Waals surface area (Å²) in [6, 6.07) is 8.44. The molecule has 1 atom stereocenters. The van der Waals surface area contributed by atoms with E-state index in [0.29, 0.717) is 6.79 Å². The lowest BCUT2D eigenvalue weighted by atomic mass is 9.90. The van der Waals surface area contributed by atoms with Crippen LogP contribution in [0.1, 0.15) is 22.7 Å². The Bertz CT molecular complexity index is 808. The Kier molecular flexibility index (Phi) is 4.48. The molecule has 2 aliphatic rings. The summed E-state index contributed by atoms with van der Waals surface area (Å²) in [5.74, 6) is 3.14. The molecule has 0 spiro atoms. The van der Waals surface area contributed by atoms with Gasteiger partial charge in [0.1, 0.15) is 0 Å². The van der Waals surface area contributed by atoms with Crippen molar-refractivity contribution < 1.29 is 18.9 Å². The second-order valence-corrected chi connectivity index (χ2v) is 7.02. The van der Waals surface area contributed by atoms with Crippen molar-refractivity contribution in [1.29, 1.82) is 0 Å². The van der Waals surface area contributed by atoms with Crippen LogP contribution in [0.5, 0.6) is 23.0 Å². The lowest BCUT2D eigenvalue weighted by Crippen LogP contribution is -2.31. The first-order valence-electron chi connectivity index (χ1n) is 8.25. The molecule has 2 aromatic carbocycles. The van der Waals surface area contributed by atoms with Crippen molar-refractivity contribution in [2.75, 3.05) is 27.6 Å². The molecule has 2 aromatic rings. The highest BCUT2D eigenvalue weighted by Crippen LogP contribution is 2.40. The number of halogens is 1. The minimum absolute atomic E-state index is 0.215. The largest absolute Gasteiger partial charge is 0.493 e. The van der Waals surface area contributed by atoms with Crippen molar-refractivity contribution >= 4 is 15.9 Å². The predicted molar refractivity (Wildman–Crippen MR) is 98.0 cm³/mol. The van der Waals surface area contributed by atoms with Gasteiger partial charge in [0.15, 0.2) is 23.0 Å². The average Bonchev–Trinajstić information content (AvgIpc) is 3.08. The van der Waals surface area contributed by atoms with E-state index in [4.69, 9.17) is 18.9 Å². The molecular weight excluding hydrogens is 386 g/mol. The first kappa shape index (κ1) is 16.5. The van der Waals surface area contributed by atoms with Crippen LogP contribution in [-0.4, -0.2) is 27.6 Å². The van der Waals surface area contributed by atoms with Gasteiger partial charge in [0.25, 0.3) is 0 Å². The van der Waals surface area contributed by atoms with Crippen molar-refractivity contribution in [3.8, 4) is 23.0 Å². The van der Waals surface area contributed by atoms with Crippen molar-refractivity contribution in [1.82, 2.24) is 5.32 Å². The van der Waals surface area contributed by atoms with Gasteiger partial charge in [-0.05, 0) is 60.3 Å². The molecule has 0 saturated carbocycles. The van der Waals surface area contributed by atoms with E-state index in [9.17, 15) is 0 Å².